The second-order valence-corrected chi connectivity index (χ2v) is 6.05. The maximum absolute atomic E-state index is 9.97. The van der Waals surface area contributed by atoms with E-state index < -0.39 is 0 Å². The molecule has 0 spiro atoms. The van der Waals surface area contributed by atoms with Crippen molar-refractivity contribution in [1.29, 1.82) is 0 Å². The second-order valence-electron chi connectivity index (χ2n) is 6.05. The molecule has 0 unspecified atom stereocenters. The molecule has 0 saturated heterocycles. The molecule has 2 N–H and O–H groups in total. The highest BCUT2D eigenvalue weighted by Crippen LogP contribution is 2.31. The number of aromatic nitrogens is 2. The van der Waals surface area contributed by atoms with Crippen LogP contribution in [0.5, 0.6) is 5.75 Å². The predicted molar refractivity (Wildman–Crippen MR) is 97.1 cm³/mol. The number of aryl methyl sites for hydroxylation is 3. The number of nitrogens with zero attached hydrogens (tertiary/aromatic N) is 2. The molecule has 1 heterocycles. The van der Waals surface area contributed by atoms with Gasteiger partial charge in [0, 0.05) is 24.5 Å². The van der Waals surface area contributed by atoms with Crippen LogP contribution < -0.4 is 5.32 Å². The fourth-order valence-corrected chi connectivity index (χ4v) is 2.78. The molecule has 0 bridgehead atoms. The van der Waals surface area contributed by atoms with Gasteiger partial charge in [-0.2, -0.15) is 0 Å². The van der Waals surface area contributed by atoms with Gasteiger partial charge < -0.3 is 10.4 Å². The Balaban J connectivity index is 1.91. The number of rotatable bonds is 4. The number of anilines is 1. The summed E-state index contributed by atoms with van der Waals surface area (Å²) in [5, 5.41) is 13.3. The Hall–Kier alpha value is -2.88. The van der Waals surface area contributed by atoms with Gasteiger partial charge >= 0.3 is 0 Å². The Labute approximate surface area is 142 Å². The number of phenols is 1. The van der Waals surface area contributed by atoms with E-state index in [1.54, 1.807) is 12.4 Å². The number of hydrogen-bond donors (Lipinski definition) is 2. The number of hydrogen-bond acceptors (Lipinski definition) is 4. The van der Waals surface area contributed by atoms with Crippen molar-refractivity contribution in [3.8, 4) is 17.0 Å². The summed E-state index contributed by atoms with van der Waals surface area (Å²) in [5.74, 6) is 1.07. The lowest BCUT2D eigenvalue weighted by Gasteiger charge is -2.12. The van der Waals surface area contributed by atoms with E-state index in [4.69, 9.17) is 0 Å². The summed E-state index contributed by atoms with van der Waals surface area (Å²) >= 11 is 0. The van der Waals surface area contributed by atoms with Gasteiger partial charge in [-0.05, 0) is 49.6 Å². The normalized spacial score (nSPS) is 10.6. The molecule has 0 saturated carbocycles. The topological polar surface area (TPSA) is 58.0 Å². The molecule has 24 heavy (non-hydrogen) atoms. The first kappa shape index (κ1) is 16.0. The molecule has 3 rings (SSSR count). The molecule has 0 fully saturated rings. The third-order valence-corrected chi connectivity index (χ3v) is 4.01. The molecule has 4 nitrogen and oxygen atoms in total. The van der Waals surface area contributed by atoms with Crippen molar-refractivity contribution in [2.75, 3.05) is 5.32 Å². The fourth-order valence-electron chi connectivity index (χ4n) is 2.78. The van der Waals surface area contributed by atoms with Crippen molar-refractivity contribution < 1.29 is 5.11 Å². The van der Waals surface area contributed by atoms with Crippen molar-refractivity contribution in [2.45, 2.75) is 27.3 Å². The van der Waals surface area contributed by atoms with Crippen molar-refractivity contribution in [3.63, 3.8) is 0 Å². The lowest BCUT2D eigenvalue weighted by atomic mass is 10.0. The first-order valence-corrected chi connectivity index (χ1v) is 7.95. The summed E-state index contributed by atoms with van der Waals surface area (Å²) in [5.41, 5.74) is 5.84. The zero-order valence-electron chi connectivity index (χ0n) is 14.2. The third kappa shape index (κ3) is 3.38. The van der Waals surface area contributed by atoms with Gasteiger partial charge in [-0.1, -0.05) is 29.8 Å². The molecule has 2 aromatic carbocycles. The molecule has 0 aliphatic rings. The molecule has 0 radical (unpaired) electrons. The lowest BCUT2D eigenvalue weighted by Crippen LogP contribution is -2.04. The SMILES string of the molecule is Cc1cccc(CNc2nccnc2-c2cc(C)c(O)c(C)c2)c1. The maximum Gasteiger partial charge on any atom is 0.152 e. The minimum Gasteiger partial charge on any atom is -0.507 e. The molecule has 3 aromatic rings. The maximum atomic E-state index is 9.97. The van der Waals surface area contributed by atoms with Gasteiger partial charge in [-0.3, -0.25) is 4.98 Å². The van der Waals surface area contributed by atoms with E-state index in [9.17, 15) is 5.11 Å². The van der Waals surface area contributed by atoms with E-state index in [-0.39, 0.29) is 0 Å². The van der Waals surface area contributed by atoms with E-state index in [1.165, 1.54) is 11.1 Å². The standard InChI is InChI=1S/C20H21N3O/c1-13-5-4-6-16(9-13)12-23-20-18(21-7-8-22-20)17-10-14(2)19(24)15(3)11-17/h4-11,24H,12H2,1-3H3,(H,22,23). The Bertz CT molecular complexity index is 851. The van der Waals surface area contributed by atoms with Crippen molar-refractivity contribution in [2.24, 2.45) is 0 Å². The van der Waals surface area contributed by atoms with Crippen molar-refractivity contribution in [1.82, 2.24) is 9.97 Å². The summed E-state index contributed by atoms with van der Waals surface area (Å²) < 4.78 is 0. The van der Waals surface area contributed by atoms with Gasteiger partial charge in [0.2, 0.25) is 0 Å². The van der Waals surface area contributed by atoms with E-state index in [1.807, 2.05) is 26.0 Å². The molecular formula is C20H21N3O. The highest BCUT2D eigenvalue weighted by atomic mass is 16.3. The monoisotopic (exact) mass is 319 g/mol. The van der Waals surface area contributed by atoms with Crippen LogP contribution in [0.3, 0.4) is 0 Å². The predicted octanol–water partition coefficient (Wildman–Crippen LogP) is 4.39. The zero-order chi connectivity index (χ0) is 17.1. The van der Waals surface area contributed by atoms with Crippen LogP contribution in [0, 0.1) is 20.8 Å². The van der Waals surface area contributed by atoms with E-state index in [2.05, 4.69) is 46.5 Å². The molecule has 0 aliphatic carbocycles. The van der Waals surface area contributed by atoms with Crippen LogP contribution in [0.4, 0.5) is 5.82 Å². The molecule has 0 atom stereocenters. The third-order valence-electron chi connectivity index (χ3n) is 4.01. The van der Waals surface area contributed by atoms with Crippen LogP contribution in [0.1, 0.15) is 22.3 Å². The van der Waals surface area contributed by atoms with Crippen LogP contribution in [-0.4, -0.2) is 15.1 Å². The number of nitrogens with one attached hydrogen (secondary N) is 1. The Morgan fingerprint density at radius 1 is 0.958 bits per heavy atom. The number of phenolic OH excluding ortho intramolecular Hbond substituents is 1. The first-order chi connectivity index (χ1) is 11.5. The second kappa shape index (κ2) is 6.71. The van der Waals surface area contributed by atoms with Crippen LogP contribution in [-0.2, 0) is 6.54 Å². The van der Waals surface area contributed by atoms with Crippen LogP contribution >= 0.6 is 0 Å². The minimum atomic E-state index is 0.330. The molecule has 0 aliphatic heterocycles. The molecular weight excluding hydrogens is 298 g/mol. The van der Waals surface area contributed by atoms with Crippen molar-refractivity contribution >= 4 is 5.82 Å². The summed E-state index contributed by atoms with van der Waals surface area (Å²) in [7, 11) is 0. The molecule has 1 aromatic heterocycles. The average Bonchev–Trinajstić information content (AvgIpc) is 2.58. The first-order valence-electron chi connectivity index (χ1n) is 7.95. The minimum absolute atomic E-state index is 0.330. The van der Waals surface area contributed by atoms with E-state index >= 15 is 0 Å². The Morgan fingerprint density at radius 3 is 2.38 bits per heavy atom. The Kier molecular flexibility index (Phi) is 4.47. The smallest absolute Gasteiger partial charge is 0.152 e. The van der Waals surface area contributed by atoms with Gasteiger partial charge in [-0.25, -0.2) is 4.98 Å². The molecule has 4 heteroatoms. The van der Waals surface area contributed by atoms with Gasteiger partial charge in [0.25, 0.3) is 0 Å². The fraction of sp³-hybridized carbons (Fsp3) is 0.200. The van der Waals surface area contributed by atoms with Crippen LogP contribution in [0.2, 0.25) is 0 Å². The van der Waals surface area contributed by atoms with Gasteiger partial charge in [0.1, 0.15) is 11.4 Å². The molecule has 0 amide bonds. The van der Waals surface area contributed by atoms with Gasteiger partial charge in [0.05, 0.1) is 0 Å². The van der Waals surface area contributed by atoms with Gasteiger partial charge in [0.15, 0.2) is 5.82 Å². The lowest BCUT2D eigenvalue weighted by molar-refractivity contribution is 0.467. The summed E-state index contributed by atoms with van der Waals surface area (Å²) in [6.07, 6.45) is 3.37. The highest BCUT2D eigenvalue weighted by Gasteiger charge is 2.11. The highest BCUT2D eigenvalue weighted by molar-refractivity contribution is 5.73. The van der Waals surface area contributed by atoms with Crippen LogP contribution in [0.15, 0.2) is 48.8 Å². The number of aromatic hydroxyl groups is 1. The summed E-state index contributed by atoms with van der Waals surface area (Å²) in [6.45, 7) is 6.55. The zero-order valence-corrected chi connectivity index (χ0v) is 14.2. The number of benzene rings is 2. The van der Waals surface area contributed by atoms with E-state index in [0.717, 1.165) is 28.2 Å². The average molecular weight is 319 g/mol. The molecule has 122 valence electrons. The Morgan fingerprint density at radius 2 is 1.67 bits per heavy atom. The van der Waals surface area contributed by atoms with Crippen LogP contribution in [0.25, 0.3) is 11.3 Å². The quantitative estimate of drug-likeness (QED) is 0.749. The van der Waals surface area contributed by atoms with Gasteiger partial charge in [-0.15, -0.1) is 0 Å². The largest absolute Gasteiger partial charge is 0.507 e. The van der Waals surface area contributed by atoms with Crippen molar-refractivity contribution in [3.05, 3.63) is 71.0 Å². The summed E-state index contributed by atoms with van der Waals surface area (Å²) in [6, 6.07) is 12.2. The van der Waals surface area contributed by atoms with E-state index in [0.29, 0.717) is 12.3 Å². The summed E-state index contributed by atoms with van der Waals surface area (Å²) in [4.78, 5) is 8.92.